The molecule has 12 heavy (non-hydrogen) atoms. The molecule has 2 aliphatic rings. The Morgan fingerprint density at radius 1 is 1.33 bits per heavy atom. The van der Waals surface area contributed by atoms with Crippen LogP contribution in [-0.4, -0.2) is 37.0 Å². The number of aliphatic hydroxyl groups excluding tert-OH is 1. The summed E-state index contributed by atoms with van der Waals surface area (Å²) in [7, 11) is 0. The van der Waals surface area contributed by atoms with Crippen LogP contribution in [-0.2, 0) is 4.74 Å². The first-order valence-electron chi connectivity index (χ1n) is 4.85. The van der Waals surface area contributed by atoms with Gasteiger partial charge in [0.25, 0.3) is 0 Å². The molecule has 1 heterocycles. The zero-order chi connectivity index (χ0) is 8.39. The van der Waals surface area contributed by atoms with Gasteiger partial charge in [0.15, 0.2) is 0 Å². The van der Waals surface area contributed by atoms with Gasteiger partial charge >= 0.3 is 0 Å². The van der Waals surface area contributed by atoms with E-state index in [1.54, 1.807) is 0 Å². The lowest BCUT2D eigenvalue weighted by molar-refractivity contribution is 0.0769. The van der Waals surface area contributed by atoms with Crippen LogP contribution >= 0.6 is 0 Å². The molecule has 3 nitrogen and oxygen atoms in total. The summed E-state index contributed by atoms with van der Waals surface area (Å²) in [5, 5.41) is 12.4. The standard InChI is InChI=1S/C9H17NO2/c11-6-7-5-9(7)10-8-1-3-12-4-2-8/h7-11H,1-6H2. The summed E-state index contributed by atoms with van der Waals surface area (Å²) in [4.78, 5) is 0. The lowest BCUT2D eigenvalue weighted by Crippen LogP contribution is -2.37. The van der Waals surface area contributed by atoms with E-state index in [0.29, 0.717) is 24.6 Å². The summed E-state index contributed by atoms with van der Waals surface area (Å²) in [6, 6.07) is 1.23. The highest BCUT2D eigenvalue weighted by molar-refractivity contribution is 4.94. The number of hydrogen-bond donors (Lipinski definition) is 2. The monoisotopic (exact) mass is 171 g/mol. The summed E-state index contributed by atoms with van der Waals surface area (Å²) >= 11 is 0. The minimum Gasteiger partial charge on any atom is -0.396 e. The van der Waals surface area contributed by atoms with Crippen molar-refractivity contribution in [3.05, 3.63) is 0 Å². The van der Waals surface area contributed by atoms with E-state index in [0.717, 1.165) is 32.5 Å². The molecule has 2 rings (SSSR count). The molecule has 0 radical (unpaired) electrons. The van der Waals surface area contributed by atoms with Gasteiger partial charge in [-0.1, -0.05) is 0 Å². The number of aliphatic hydroxyl groups is 1. The number of ether oxygens (including phenoxy) is 1. The van der Waals surface area contributed by atoms with E-state index >= 15 is 0 Å². The molecule has 1 aliphatic carbocycles. The number of rotatable bonds is 3. The number of hydrogen-bond acceptors (Lipinski definition) is 3. The van der Waals surface area contributed by atoms with Gasteiger partial charge < -0.3 is 15.2 Å². The van der Waals surface area contributed by atoms with Crippen LogP contribution in [0, 0.1) is 5.92 Å². The lowest BCUT2D eigenvalue weighted by atomic mass is 10.1. The van der Waals surface area contributed by atoms with Crippen molar-refractivity contribution in [1.82, 2.24) is 5.32 Å². The smallest absolute Gasteiger partial charge is 0.0480 e. The van der Waals surface area contributed by atoms with Crippen LogP contribution in [0.5, 0.6) is 0 Å². The Hall–Kier alpha value is -0.120. The van der Waals surface area contributed by atoms with Crippen LogP contribution in [0.15, 0.2) is 0 Å². The molecule has 2 N–H and O–H groups in total. The maximum Gasteiger partial charge on any atom is 0.0480 e. The third-order valence-electron chi connectivity index (χ3n) is 2.83. The predicted octanol–water partition coefficient (Wildman–Crippen LogP) is 0.136. The second kappa shape index (κ2) is 3.73. The van der Waals surface area contributed by atoms with Crippen molar-refractivity contribution >= 4 is 0 Å². The highest BCUT2D eigenvalue weighted by Gasteiger charge is 2.37. The Labute approximate surface area is 73.1 Å². The van der Waals surface area contributed by atoms with Gasteiger partial charge in [-0.2, -0.15) is 0 Å². The Kier molecular flexibility index (Phi) is 2.63. The minimum absolute atomic E-state index is 0.348. The molecule has 70 valence electrons. The van der Waals surface area contributed by atoms with E-state index < -0.39 is 0 Å². The normalized spacial score (nSPS) is 36.8. The molecular formula is C9H17NO2. The van der Waals surface area contributed by atoms with Gasteiger partial charge in [0.1, 0.15) is 0 Å². The molecule has 2 atom stereocenters. The van der Waals surface area contributed by atoms with E-state index in [2.05, 4.69) is 5.32 Å². The van der Waals surface area contributed by atoms with Crippen molar-refractivity contribution in [2.75, 3.05) is 19.8 Å². The average Bonchev–Trinajstić information content (AvgIpc) is 2.85. The molecular weight excluding hydrogens is 154 g/mol. The molecule has 0 aromatic rings. The van der Waals surface area contributed by atoms with Crippen LogP contribution < -0.4 is 5.32 Å². The fraction of sp³-hybridized carbons (Fsp3) is 1.00. The average molecular weight is 171 g/mol. The van der Waals surface area contributed by atoms with Crippen LogP contribution in [0.1, 0.15) is 19.3 Å². The van der Waals surface area contributed by atoms with E-state index in [1.807, 2.05) is 0 Å². The third kappa shape index (κ3) is 1.97. The Morgan fingerprint density at radius 2 is 2.08 bits per heavy atom. The Balaban J connectivity index is 1.66. The van der Waals surface area contributed by atoms with Gasteiger partial charge in [-0.25, -0.2) is 0 Å². The SMILES string of the molecule is OCC1CC1NC1CCOCC1. The van der Waals surface area contributed by atoms with Crippen LogP contribution in [0.25, 0.3) is 0 Å². The van der Waals surface area contributed by atoms with E-state index in [1.165, 1.54) is 0 Å². The number of nitrogens with one attached hydrogen (secondary N) is 1. The van der Waals surface area contributed by atoms with E-state index in [9.17, 15) is 0 Å². The minimum atomic E-state index is 0.348. The van der Waals surface area contributed by atoms with Crippen molar-refractivity contribution in [3.63, 3.8) is 0 Å². The summed E-state index contributed by atoms with van der Waals surface area (Å²) in [5.41, 5.74) is 0. The van der Waals surface area contributed by atoms with Gasteiger partial charge in [0.05, 0.1) is 0 Å². The lowest BCUT2D eigenvalue weighted by Gasteiger charge is -2.23. The van der Waals surface area contributed by atoms with Crippen LogP contribution in [0.4, 0.5) is 0 Å². The first-order chi connectivity index (χ1) is 5.90. The van der Waals surface area contributed by atoms with Crippen molar-refractivity contribution < 1.29 is 9.84 Å². The summed E-state index contributed by atoms with van der Waals surface area (Å²) in [5.74, 6) is 0.535. The summed E-state index contributed by atoms with van der Waals surface area (Å²) < 4.78 is 5.27. The van der Waals surface area contributed by atoms with Gasteiger partial charge in [0, 0.05) is 31.9 Å². The molecule has 2 unspecified atom stereocenters. The van der Waals surface area contributed by atoms with Gasteiger partial charge in [-0.15, -0.1) is 0 Å². The zero-order valence-electron chi connectivity index (χ0n) is 7.33. The second-order valence-corrected chi connectivity index (χ2v) is 3.84. The maximum absolute atomic E-state index is 8.84. The Bertz CT molecular complexity index is 145. The van der Waals surface area contributed by atoms with E-state index in [-0.39, 0.29) is 0 Å². The fourth-order valence-corrected chi connectivity index (χ4v) is 1.82. The molecule has 1 saturated heterocycles. The fourth-order valence-electron chi connectivity index (χ4n) is 1.82. The molecule has 1 saturated carbocycles. The van der Waals surface area contributed by atoms with Gasteiger partial charge in [-0.05, 0) is 25.2 Å². The molecule has 3 heteroatoms. The maximum atomic E-state index is 8.84. The van der Waals surface area contributed by atoms with Gasteiger partial charge in [0.2, 0.25) is 0 Å². The van der Waals surface area contributed by atoms with Crippen molar-refractivity contribution in [3.8, 4) is 0 Å². The second-order valence-electron chi connectivity index (χ2n) is 3.84. The molecule has 0 amide bonds. The highest BCUT2D eigenvalue weighted by atomic mass is 16.5. The molecule has 0 spiro atoms. The van der Waals surface area contributed by atoms with Gasteiger partial charge in [-0.3, -0.25) is 0 Å². The van der Waals surface area contributed by atoms with Crippen molar-refractivity contribution in [2.24, 2.45) is 5.92 Å². The summed E-state index contributed by atoms with van der Waals surface area (Å²) in [6.45, 7) is 2.14. The molecule has 2 fully saturated rings. The predicted molar refractivity (Wildman–Crippen MR) is 46.0 cm³/mol. The van der Waals surface area contributed by atoms with Crippen LogP contribution in [0.3, 0.4) is 0 Å². The summed E-state index contributed by atoms with van der Waals surface area (Å²) in [6.07, 6.45) is 3.43. The van der Waals surface area contributed by atoms with Crippen LogP contribution in [0.2, 0.25) is 0 Å². The first kappa shape index (κ1) is 8.48. The van der Waals surface area contributed by atoms with E-state index in [4.69, 9.17) is 9.84 Å². The zero-order valence-corrected chi connectivity index (χ0v) is 7.33. The quantitative estimate of drug-likeness (QED) is 0.634. The molecule has 0 bridgehead atoms. The molecule has 0 aromatic carbocycles. The molecule has 1 aliphatic heterocycles. The Morgan fingerprint density at radius 3 is 2.67 bits per heavy atom. The highest BCUT2D eigenvalue weighted by Crippen LogP contribution is 2.30. The van der Waals surface area contributed by atoms with Crippen molar-refractivity contribution in [1.29, 1.82) is 0 Å². The van der Waals surface area contributed by atoms with Crippen molar-refractivity contribution in [2.45, 2.75) is 31.3 Å². The first-order valence-corrected chi connectivity index (χ1v) is 4.85. The molecule has 0 aromatic heterocycles. The third-order valence-corrected chi connectivity index (χ3v) is 2.83. The topological polar surface area (TPSA) is 41.5 Å². The largest absolute Gasteiger partial charge is 0.396 e.